The van der Waals surface area contributed by atoms with Crippen LogP contribution in [0.1, 0.15) is 26.7 Å². The Hall–Kier alpha value is -0.810. The zero-order valence-electron chi connectivity index (χ0n) is 10.3. The summed E-state index contributed by atoms with van der Waals surface area (Å²) in [6.45, 7) is 5.38. The molecule has 1 rings (SSSR count). The highest BCUT2D eigenvalue weighted by atomic mass is 79.9. The van der Waals surface area contributed by atoms with E-state index in [4.69, 9.17) is 10.8 Å². The zero-order valence-corrected chi connectivity index (χ0v) is 11.9. The Bertz CT molecular complexity index is 349. The van der Waals surface area contributed by atoms with Gasteiger partial charge in [0.25, 0.3) is 0 Å². The lowest BCUT2D eigenvalue weighted by molar-refractivity contribution is 0.248. The highest BCUT2D eigenvalue weighted by molar-refractivity contribution is 9.10. The van der Waals surface area contributed by atoms with E-state index in [0.29, 0.717) is 5.69 Å². The summed E-state index contributed by atoms with van der Waals surface area (Å²) < 4.78 is 0.871. The van der Waals surface area contributed by atoms with Gasteiger partial charge in [-0.2, -0.15) is 0 Å². The van der Waals surface area contributed by atoms with Crippen LogP contribution in [0.15, 0.2) is 16.9 Å². The summed E-state index contributed by atoms with van der Waals surface area (Å²) >= 11 is 3.42. The summed E-state index contributed by atoms with van der Waals surface area (Å²) in [5.74, 6) is 0. The first-order valence-corrected chi connectivity index (χ1v) is 6.49. The van der Waals surface area contributed by atoms with Crippen molar-refractivity contribution >= 4 is 27.3 Å². The molecule has 0 spiro atoms. The van der Waals surface area contributed by atoms with Crippen molar-refractivity contribution in [2.24, 2.45) is 5.41 Å². The normalized spacial score (nSPS) is 11.5. The number of halogens is 1. The van der Waals surface area contributed by atoms with Crippen LogP contribution in [0.2, 0.25) is 0 Å². The summed E-state index contributed by atoms with van der Waals surface area (Å²) in [4.78, 5) is 3.99. The monoisotopic (exact) mass is 301 g/mol. The lowest BCUT2D eigenvalue weighted by atomic mass is 9.88. The minimum atomic E-state index is 0.123. The Balaban J connectivity index is 2.60. The van der Waals surface area contributed by atoms with Gasteiger partial charge in [0.1, 0.15) is 0 Å². The van der Waals surface area contributed by atoms with Gasteiger partial charge in [-0.3, -0.25) is 4.98 Å². The van der Waals surface area contributed by atoms with E-state index in [1.54, 1.807) is 12.4 Å². The Labute approximate surface area is 111 Å². The Morgan fingerprint density at radius 3 is 2.76 bits per heavy atom. The molecule has 0 aliphatic carbocycles. The molecular formula is C12H20BrN3O. The third-order valence-electron chi connectivity index (χ3n) is 2.68. The third-order valence-corrected chi connectivity index (χ3v) is 3.29. The molecule has 1 heterocycles. The van der Waals surface area contributed by atoms with Crippen molar-refractivity contribution in [2.45, 2.75) is 26.7 Å². The molecule has 0 atom stereocenters. The summed E-state index contributed by atoms with van der Waals surface area (Å²) in [7, 11) is 0. The number of nitrogens with two attached hydrogens (primary N) is 1. The van der Waals surface area contributed by atoms with Crippen LogP contribution in [0.5, 0.6) is 0 Å². The maximum absolute atomic E-state index is 8.85. The molecule has 96 valence electrons. The van der Waals surface area contributed by atoms with Gasteiger partial charge in [-0.1, -0.05) is 13.8 Å². The van der Waals surface area contributed by atoms with E-state index in [1.807, 2.05) is 0 Å². The Kier molecular flexibility index (Phi) is 5.21. The third kappa shape index (κ3) is 4.52. The van der Waals surface area contributed by atoms with Gasteiger partial charge >= 0.3 is 0 Å². The first kappa shape index (κ1) is 14.3. The summed E-state index contributed by atoms with van der Waals surface area (Å²) in [5, 5.41) is 12.2. The van der Waals surface area contributed by atoms with E-state index in [2.05, 4.69) is 40.1 Å². The molecule has 1 aromatic rings. The lowest BCUT2D eigenvalue weighted by Gasteiger charge is -2.26. The molecular weight excluding hydrogens is 282 g/mol. The standard InChI is InChI=1S/C12H20BrN3O/c1-12(2,4-3-5-17)8-16-11-9(13)6-15-7-10(11)14/h6-7,17H,3-5,8,14H2,1-2H3,(H,15,16). The minimum Gasteiger partial charge on any atom is -0.396 e. The largest absolute Gasteiger partial charge is 0.396 e. The van der Waals surface area contributed by atoms with Crippen LogP contribution in [0.25, 0.3) is 0 Å². The van der Waals surface area contributed by atoms with Crippen LogP contribution >= 0.6 is 15.9 Å². The van der Waals surface area contributed by atoms with Crippen molar-refractivity contribution in [3.63, 3.8) is 0 Å². The van der Waals surface area contributed by atoms with E-state index in [0.717, 1.165) is 29.5 Å². The van der Waals surface area contributed by atoms with Gasteiger partial charge in [-0.15, -0.1) is 0 Å². The molecule has 17 heavy (non-hydrogen) atoms. The maximum atomic E-state index is 8.85. The number of nitrogens with one attached hydrogen (secondary N) is 1. The number of hydrogen-bond acceptors (Lipinski definition) is 4. The SMILES string of the molecule is CC(C)(CCCO)CNc1c(N)cncc1Br. The number of nitrogens with zero attached hydrogens (tertiary/aromatic N) is 1. The second-order valence-corrected chi connectivity index (χ2v) is 5.78. The highest BCUT2D eigenvalue weighted by Gasteiger charge is 2.18. The molecule has 1 aromatic heterocycles. The number of aromatic nitrogens is 1. The molecule has 5 heteroatoms. The predicted molar refractivity (Wildman–Crippen MR) is 74.9 cm³/mol. The number of anilines is 2. The molecule has 0 radical (unpaired) electrons. The summed E-state index contributed by atoms with van der Waals surface area (Å²) in [6, 6.07) is 0. The van der Waals surface area contributed by atoms with Gasteiger partial charge in [-0.05, 0) is 34.2 Å². The van der Waals surface area contributed by atoms with E-state index in [9.17, 15) is 0 Å². The zero-order chi connectivity index (χ0) is 12.9. The van der Waals surface area contributed by atoms with Crippen molar-refractivity contribution in [1.82, 2.24) is 4.98 Å². The molecule has 0 unspecified atom stereocenters. The van der Waals surface area contributed by atoms with Gasteiger partial charge in [0.2, 0.25) is 0 Å². The second kappa shape index (κ2) is 6.21. The highest BCUT2D eigenvalue weighted by Crippen LogP contribution is 2.29. The van der Waals surface area contributed by atoms with Crippen molar-refractivity contribution in [2.75, 3.05) is 24.2 Å². The first-order valence-electron chi connectivity index (χ1n) is 5.70. The quantitative estimate of drug-likeness (QED) is 0.755. The molecule has 0 amide bonds. The molecule has 0 aliphatic heterocycles. The minimum absolute atomic E-state index is 0.123. The van der Waals surface area contributed by atoms with Crippen molar-refractivity contribution in [3.05, 3.63) is 16.9 Å². The van der Waals surface area contributed by atoms with Gasteiger partial charge in [0, 0.05) is 19.3 Å². The maximum Gasteiger partial charge on any atom is 0.0750 e. The molecule has 0 bridgehead atoms. The number of aliphatic hydroxyl groups is 1. The number of aliphatic hydroxyl groups excluding tert-OH is 1. The lowest BCUT2D eigenvalue weighted by Crippen LogP contribution is -2.24. The molecule has 0 fully saturated rings. The Morgan fingerprint density at radius 1 is 1.47 bits per heavy atom. The fourth-order valence-corrected chi connectivity index (χ4v) is 2.10. The van der Waals surface area contributed by atoms with E-state index in [-0.39, 0.29) is 12.0 Å². The van der Waals surface area contributed by atoms with Crippen LogP contribution in [0, 0.1) is 5.41 Å². The fourth-order valence-electron chi connectivity index (χ4n) is 1.61. The van der Waals surface area contributed by atoms with Gasteiger partial charge < -0.3 is 16.2 Å². The summed E-state index contributed by atoms with van der Waals surface area (Å²) in [6.07, 6.45) is 5.15. The number of rotatable bonds is 6. The van der Waals surface area contributed by atoms with Crippen LogP contribution in [-0.2, 0) is 0 Å². The van der Waals surface area contributed by atoms with Crippen molar-refractivity contribution in [1.29, 1.82) is 0 Å². The topological polar surface area (TPSA) is 71.2 Å². The van der Waals surface area contributed by atoms with Gasteiger partial charge in [-0.25, -0.2) is 0 Å². The van der Waals surface area contributed by atoms with E-state index >= 15 is 0 Å². The van der Waals surface area contributed by atoms with Crippen molar-refractivity contribution in [3.8, 4) is 0 Å². The van der Waals surface area contributed by atoms with Crippen LogP contribution in [0.4, 0.5) is 11.4 Å². The number of hydrogen-bond donors (Lipinski definition) is 3. The average Bonchev–Trinajstić information content (AvgIpc) is 2.26. The van der Waals surface area contributed by atoms with Crippen LogP contribution < -0.4 is 11.1 Å². The molecule has 0 saturated carbocycles. The number of nitrogen functional groups attached to an aromatic ring is 1. The Morgan fingerprint density at radius 2 is 2.18 bits per heavy atom. The van der Waals surface area contributed by atoms with Crippen molar-refractivity contribution < 1.29 is 5.11 Å². The summed E-state index contributed by atoms with van der Waals surface area (Å²) in [5.41, 5.74) is 7.50. The molecule has 0 saturated heterocycles. The van der Waals surface area contributed by atoms with Gasteiger partial charge in [0.15, 0.2) is 0 Å². The van der Waals surface area contributed by atoms with Gasteiger partial charge in [0.05, 0.1) is 22.0 Å². The molecule has 0 aliphatic rings. The molecule has 4 nitrogen and oxygen atoms in total. The van der Waals surface area contributed by atoms with E-state index in [1.165, 1.54) is 0 Å². The first-order chi connectivity index (χ1) is 7.96. The molecule has 4 N–H and O–H groups in total. The predicted octanol–water partition coefficient (Wildman–Crippen LogP) is 2.64. The fraction of sp³-hybridized carbons (Fsp3) is 0.583. The second-order valence-electron chi connectivity index (χ2n) is 4.93. The molecule has 0 aromatic carbocycles. The smallest absolute Gasteiger partial charge is 0.0750 e. The van der Waals surface area contributed by atoms with Crippen LogP contribution in [-0.4, -0.2) is 23.2 Å². The average molecular weight is 302 g/mol. The van der Waals surface area contributed by atoms with E-state index < -0.39 is 0 Å². The van der Waals surface area contributed by atoms with Crippen LogP contribution in [0.3, 0.4) is 0 Å². The number of pyridine rings is 1.